The van der Waals surface area contributed by atoms with E-state index in [4.69, 9.17) is 9.47 Å². The summed E-state index contributed by atoms with van der Waals surface area (Å²) in [5.41, 5.74) is 1.04. The van der Waals surface area contributed by atoms with E-state index in [0.717, 1.165) is 21.9 Å². The number of aromatic nitrogens is 2. The van der Waals surface area contributed by atoms with Gasteiger partial charge in [-0.2, -0.15) is 5.10 Å². The van der Waals surface area contributed by atoms with Gasteiger partial charge in [-0.3, -0.25) is 9.89 Å². The Morgan fingerprint density at radius 1 is 1.53 bits per heavy atom. The first-order valence-electron chi connectivity index (χ1n) is 6.27. The summed E-state index contributed by atoms with van der Waals surface area (Å²) in [5, 5.41) is 6.84. The molecule has 0 radical (unpaired) electrons. The third kappa shape index (κ3) is 7.07. The van der Waals surface area contributed by atoms with Gasteiger partial charge in [-0.15, -0.1) is 0 Å². The number of hydrogen-bond acceptors (Lipinski definition) is 4. The van der Waals surface area contributed by atoms with Gasteiger partial charge in [0.2, 0.25) is 0 Å². The molecule has 0 aromatic carbocycles. The zero-order chi connectivity index (χ0) is 14.3. The summed E-state index contributed by atoms with van der Waals surface area (Å²) in [4.78, 5) is 10.5. The molecular formula is C12H21IN2O3Si. The lowest BCUT2D eigenvalue weighted by Crippen LogP contribution is -2.26. The van der Waals surface area contributed by atoms with Crippen LogP contribution in [0.25, 0.3) is 0 Å². The monoisotopic (exact) mass is 396 g/mol. The Balaban J connectivity index is 2.36. The number of halogens is 1. The Labute approximate surface area is 128 Å². The van der Waals surface area contributed by atoms with E-state index in [1.165, 1.54) is 0 Å². The minimum absolute atomic E-state index is 0.245. The fourth-order valence-electron chi connectivity index (χ4n) is 1.50. The largest absolute Gasteiger partial charge is 0.462 e. The van der Waals surface area contributed by atoms with Crippen molar-refractivity contribution in [1.82, 2.24) is 10.2 Å². The number of carbonyl (C=O) groups is 1. The van der Waals surface area contributed by atoms with Gasteiger partial charge in [0.15, 0.2) is 0 Å². The molecule has 1 atom stereocenters. The van der Waals surface area contributed by atoms with Gasteiger partial charge in [-0.05, 0) is 28.6 Å². The molecule has 108 valence electrons. The Morgan fingerprint density at radius 2 is 2.26 bits per heavy atom. The van der Waals surface area contributed by atoms with Crippen LogP contribution < -0.4 is 0 Å². The van der Waals surface area contributed by atoms with Crippen LogP contribution in [-0.4, -0.2) is 44.1 Å². The summed E-state index contributed by atoms with van der Waals surface area (Å²) in [5.74, 6) is 0. The molecule has 1 aromatic rings. The van der Waals surface area contributed by atoms with Gasteiger partial charge < -0.3 is 9.47 Å². The Kier molecular flexibility index (Phi) is 7.01. The first kappa shape index (κ1) is 16.6. The van der Waals surface area contributed by atoms with Gasteiger partial charge in [0.25, 0.3) is 6.47 Å². The molecule has 19 heavy (non-hydrogen) atoms. The molecule has 0 bridgehead atoms. The SMILES string of the molecule is C[Si](C)(C)CCOCC(Cc1c[nH]nc1I)OC=O. The second-order valence-corrected chi connectivity index (χ2v) is 12.3. The molecule has 1 heterocycles. The summed E-state index contributed by atoms with van der Waals surface area (Å²) in [6.45, 7) is 8.58. The number of rotatable bonds is 9. The van der Waals surface area contributed by atoms with E-state index >= 15 is 0 Å². The van der Waals surface area contributed by atoms with E-state index in [2.05, 4.69) is 52.4 Å². The molecule has 5 nitrogen and oxygen atoms in total. The Morgan fingerprint density at radius 3 is 2.79 bits per heavy atom. The maximum Gasteiger partial charge on any atom is 0.293 e. The van der Waals surface area contributed by atoms with E-state index in [1.807, 2.05) is 6.20 Å². The van der Waals surface area contributed by atoms with Crippen molar-refractivity contribution in [3.63, 3.8) is 0 Å². The highest BCUT2D eigenvalue weighted by molar-refractivity contribution is 14.1. The minimum atomic E-state index is -1.07. The molecule has 0 spiro atoms. The van der Waals surface area contributed by atoms with E-state index in [0.29, 0.717) is 19.5 Å². The lowest BCUT2D eigenvalue weighted by molar-refractivity contribution is -0.136. The molecule has 0 amide bonds. The van der Waals surface area contributed by atoms with Crippen molar-refractivity contribution >= 4 is 37.1 Å². The van der Waals surface area contributed by atoms with Gasteiger partial charge in [0, 0.05) is 32.9 Å². The van der Waals surface area contributed by atoms with Crippen molar-refractivity contribution in [2.45, 2.75) is 38.2 Å². The molecular weight excluding hydrogens is 375 g/mol. The summed E-state index contributed by atoms with van der Waals surface area (Å²) < 4.78 is 11.6. The van der Waals surface area contributed by atoms with Crippen LogP contribution in [0.5, 0.6) is 0 Å². The second kappa shape index (κ2) is 8.00. The zero-order valence-electron chi connectivity index (χ0n) is 11.6. The van der Waals surface area contributed by atoms with Crippen LogP contribution in [-0.2, 0) is 20.7 Å². The van der Waals surface area contributed by atoms with E-state index in [1.54, 1.807) is 0 Å². The number of hydrogen-bond donors (Lipinski definition) is 1. The van der Waals surface area contributed by atoms with Crippen LogP contribution in [0.1, 0.15) is 5.56 Å². The summed E-state index contributed by atoms with van der Waals surface area (Å²) in [7, 11) is -1.07. The molecule has 0 saturated carbocycles. The van der Waals surface area contributed by atoms with Crippen molar-refractivity contribution < 1.29 is 14.3 Å². The predicted octanol–water partition coefficient (Wildman–Crippen LogP) is 2.45. The summed E-state index contributed by atoms with van der Waals surface area (Å²) in [6.07, 6.45) is 2.20. The fraction of sp³-hybridized carbons (Fsp3) is 0.667. The number of H-pyrrole nitrogens is 1. The quantitative estimate of drug-likeness (QED) is 0.302. The molecule has 0 fully saturated rings. The van der Waals surface area contributed by atoms with Crippen LogP contribution >= 0.6 is 22.6 Å². The van der Waals surface area contributed by atoms with Gasteiger partial charge in [0.05, 0.1) is 6.61 Å². The maximum atomic E-state index is 10.5. The smallest absolute Gasteiger partial charge is 0.293 e. The van der Waals surface area contributed by atoms with Crippen molar-refractivity contribution in [3.05, 3.63) is 15.5 Å². The first-order chi connectivity index (χ1) is 8.92. The average molecular weight is 396 g/mol. The van der Waals surface area contributed by atoms with Crippen molar-refractivity contribution in [2.75, 3.05) is 13.2 Å². The van der Waals surface area contributed by atoms with E-state index in [9.17, 15) is 4.79 Å². The van der Waals surface area contributed by atoms with Crippen molar-refractivity contribution in [3.8, 4) is 0 Å². The highest BCUT2D eigenvalue weighted by Crippen LogP contribution is 2.13. The zero-order valence-corrected chi connectivity index (χ0v) is 14.8. The number of carbonyl (C=O) groups excluding carboxylic acids is 1. The topological polar surface area (TPSA) is 64.2 Å². The van der Waals surface area contributed by atoms with Crippen LogP contribution in [0.2, 0.25) is 25.7 Å². The molecule has 1 rings (SSSR count). The normalized spacial score (nSPS) is 13.3. The molecule has 1 unspecified atom stereocenters. The first-order valence-corrected chi connectivity index (χ1v) is 11.1. The molecule has 7 heteroatoms. The van der Waals surface area contributed by atoms with Gasteiger partial charge in [-0.25, -0.2) is 0 Å². The maximum absolute atomic E-state index is 10.5. The molecule has 0 aliphatic rings. The minimum Gasteiger partial charge on any atom is -0.462 e. The summed E-state index contributed by atoms with van der Waals surface area (Å²) in [6, 6.07) is 1.12. The van der Waals surface area contributed by atoms with Crippen molar-refractivity contribution in [2.24, 2.45) is 0 Å². The molecule has 0 aliphatic heterocycles. The van der Waals surface area contributed by atoms with Crippen LogP contribution in [0.15, 0.2) is 6.20 Å². The Bertz CT molecular complexity index is 393. The average Bonchev–Trinajstić information content (AvgIpc) is 2.69. The van der Waals surface area contributed by atoms with E-state index < -0.39 is 8.07 Å². The summed E-state index contributed by atoms with van der Waals surface area (Å²) >= 11 is 2.15. The van der Waals surface area contributed by atoms with Crippen LogP contribution in [0.4, 0.5) is 0 Å². The van der Waals surface area contributed by atoms with Crippen LogP contribution in [0.3, 0.4) is 0 Å². The third-order valence-corrected chi connectivity index (χ3v) is 5.30. The van der Waals surface area contributed by atoms with Crippen LogP contribution in [0, 0.1) is 3.70 Å². The van der Waals surface area contributed by atoms with Gasteiger partial charge in [0.1, 0.15) is 9.80 Å². The number of aromatic amines is 1. The lowest BCUT2D eigenvalue weighted by Gasteiger charge is -2.18. The van der Waals surface area contributed by atoms with Gasteiger partial charge >= 0.3 is 0 Å². The molecule has 1 N–H and O–H groups in total. The van der Waals surface area contributed by atoms with Gasteiger partial charge in [-0.1, -0.05) is 19.6 Å². The highest BCUT2D eigenvalue weighted by Gasteiger charge is 2.16. The molecule has 1 aromatic heterocycles. The Hall–Kier alpha value is -0.413. The molecule has 0 aliphatic carbocycles. The lowest BCUT2D eigenvalue weighted by atomic mass is 10.2. The fourth-order valence-corrected chi connectivity index (χ4v) is 2.78. The predicted molar refractivity (Wildman–Crippen MR) is 84.9 cm³/mol. The third-order valence-electron chi connectivity index (χ3n) is 2.66. The number of ether oxygens (including phenoxy) is 2. The second-order valence-electron chi connectivity index (χ2n) is 5.65. The van der Waals surface area contributed by atoms with E-state index in [-0.39, 0.29) is 6.10 Å². The number of nitrogens with zero attached hydrogens (tertiary/aromatic N) is 1. The molecule has 0 saturated heterocycles. The highest BCUT2D eigenvalue weighted by atomic mass is 127. The van der Waals surface area contributed by atoms with Crippen molar-refractivity contribution in [1.29, 1.82) is 0 Å². The number of nitrogens with one attached hydrogen (secondary N) is 1. The standard InChI is InChI=1S/C12H21IN2O3Si/c1-19(2,3)5-4-17-8-11(18-9-16)6-10-7-14-15-12(10)13/h7,9,11H,4-6,8H2,1-3H3,(H,14,15).